The summed E-state index contributed by atoms with van der Waals surface area (Å²) in [5.41, 5.74) is 0.747. The van der Waals surface area contributed by atoms with Crippen LogP contribution in [-0.2, 0) is 14.8 Å². The molecule has 0 atom stereocenters. The van der Waals surface area contributed by atoms with E-state index in [-0.39, 0.29) is 23.8 Å². The maximum atomic E-state index is 12.4. The van der Waals surface area contributed by atoms with E-state index in [0.29, 0.717) is 0 Å². The lowest BCUT2D eigenvalue weighted by molar-refractivity contribution is -0.131. The predicted molar refractivity (Wildman–Crippen MR) is 92.0 cm³/mol. The Balaban J connectivity index is 1.61. The second-order valence-corrected chi connectivity index (χ2v) is 7.72. The van der Waals surface area contributed by atoms with Gasteiger partial charge in [-0.3, -0.25) is 9.78 Å². The zero-order valence-electron chi connectivity index (χ0n) is 13.4. The van der Waals surface area contributed by atoms with Crippen molar-refractivity contribution in [3.8, 4) is 0 Å². The molecule has 0 radical (unpaired) electrons. The number of para-hydroxylation sites is 1. The number of aromatic nitrogens is 1. The van der Waals surface area contributed by atoms with Crippen molar-refractivity contribution in [3.63, 3.8) is 0 Å². The molecule has 0 saturated carbocycles. The number of pyridine rings is 1. The summed E-state index contributed by atoms with van der Waals surface area (Å²) in [5, 5.41) is 0.768. The van der Waals surface area contributed by atoms with Gasteiger partial charge in [-0.05, 0) is 31.4 Å². The molecule has 1 aliphatic rings. The van der Waals surface area contributed by atoms with Gasteiger partial charge in [-0.1, -0.05) is 18.2 Å². The van der Waals surface area contributed by atoms with Crippen LogP contribution in [0.15, 0.2) is 41.4 Å². The van der Waals surface area contributed by atoms with Crippen LogP contribution in [0.4, 0.5) is 0 Å². The van der Waals surface area contributed by atoms with Crippen LogP contribution in [0.3, 0.4) is 0 Å². The Hall–Kier alpha value is -1.99. The van der Waals surface area contributed by atoms with Gasteiger partial charge in [-0.25, -0.2) is 13.1 Å². The van der Waals surface area contributed by atoms with Gasteiger partial charge < -0.3 is 4.90 Å². The highest BCUT2D eigenvalue weighted by Crippen LogP contribution is 2.16. The molecule has 128 valence electrons. The molecule has 1 aromatic carbocycles. The molecule has 1 aromatic heterocycles. The number of carbonyl (C=O) groups excluding carboxylic acids is 1. The molecule has 2 heterocycles. The Morgan fingerprint density at radius 2 is 1.92 bits per heavy atom. The molecule has 1 aliphatic heterocycles. The summed E-state index contributed by atoms with van der Waals surface area (Å²) in [6, 6.07) is 8.94. The summed E-state index contributed by atoms with van der Waals surface area (Å²) >= 11 is 0. The van der Waals surface area contributed by atoms with Crippen molar-refractivity contribution in [2.24, 2.45) is 0 Å². The molecule has 0 unspecified atom stereocenters. The number of benzene rings is 1. The molecule has 24 heavy (non-hydrogen) atoms. The van der Waals surface area contributed by atoms with Crippen molar-refractivity contribution < 1.29 is 13.2 Å². The second kappa shape index (κ2) is 7.27. The van der Waals surface area contributed by atoms with Crippen LogP contribution in [0.2, 0.25) is 0 Å². The molecule has 2 aromatic rings. The van der Waals surface area contributed by atoms with Crippen molar-refractivity contribution in [2.75, 3.05) is 19.6 Å². The number of rotatable bonds is 5. The summed E-state index contributed by atoms with van der Waals surface area (Å²) in [7, 11) is -3.66. The van der Waals surface area contributed by atoms with Gasteiger partial charge in [0.05, 0.1) is 5.52 Å². The molecular formula is C17H21N3O3S. The van der Waals surface area contributed by atoms with Crippen molar-refractivity contribution in [1.29, 1.82) is 0 Å². The third kappa shape index (κ3) is 3.91. The fraction of sp³-hybridized carbons (Fsp3) is 0.412. The largest absolute Gasteiger partial charge is 0.343 e. The Bertz CT molecular complexity index is 830. The molecule has 1 saturated heterocycles. The maximum absolute atomic E-state index is 12.4. The van der Waals surface area contributed by atoms with Crippen LogP contribution < -0.4 is 4.72 Å². The average Bonchev–Trinajstić information content (AvgIpc) is 2.62. The predicted octanol–water partition coefficient (Wildman–Crippen LogP) is 1.92. The van der Waals surface area contributed by atoms with E-state index < -0.39 is 10.0 Å². The molecule has 3 rings (SSSR count). The van der Waals surface area contributed by atoms with E-state index in [1.54, 1.807) is 6.07 Å². The van der Waals surface area contributed by atoms with E-state index >= 15 is 0 Å². The minimum absolute atomic E-state index is 0.00837. The second-order valence-electron chi connectivity index (χ2n) is 5.95. The van der Waals surface area contributed by atoms with Crippen molar-refractivity contribution in [1.82, 2.24) is 14.6 Å². The van der Waals surface area contributed by atoms with Gasteiger partial charge in [-0.15, -0.1) is 0 Å². The summed E-state index contributed by atoms with van der Waals surface area (Å²) in [6.45, 7) is 1.66. The number of hydrogen-bond donors (Lipinski definition) is 1. The molecule has 1 amide bonds. The first kappa shape index (κ1) is 16.9. The van der Waals surface area contributed by atoms with Gasteiger partial charge in [0.2, 0.25) is 15.9 Å². The lowest BCUT2D eigenvalue weighted by atomic mass is 10.1. The van der Waals surface area contributed by atoms with E-state index in [1.165, 1.54) is 6.20 Å². The van der Waals surface area contributed by atoms with Gasteiger partial charge >= 0.3 is 0 Å². The Morgan fingerprint density at radius 3 is 2.71 bits per heavy atom. The maximum Gasteiger partial charge on any atom is 0.242 e. The van der Waals surface area contributed by atoms with E-state index in [1.807, 2.05) is 29.2 Å². The number of sulfonamides is 1. The Kier molecular flexibility index (Phi) is 5.11. The van der Waals surface area contributed by atoms with Crippen LogP contribution >= 0.6 is 0 Å². The van der Waals surface area contributed by atoms with Crippen molar-refractivity contribution >= 4 is 26.8 Å². The Morgan fingerprint density at radius 1 is 1.17 bits per heavy atom. The van der Waals surface area contributed by atoms with E-state index in [9.17, 15) is 13.2 Å². The summed E-state index contributed by atoms with van der Waals surface area (Å²) in [4.78, 5) is 18.2. The first-order valence-electron chi connectivity index (χ1n) is 8.18. The van der Waals surface area contributed by atoms with Crippen LogP contribution in [0, 0.1) is 0 Å². The zero-order valence-corrected chi connectivity index (χ0v) is 14.3. The fourth-order valence-electron chi connectivity index (χ4n) is 2.87. The molecule has 7 heteroatoms. The Labute approximate surface area is 141 Å². The molecular weight excluding hydrogens is 326 g/mol. The van der Waals surface area contributed by atoms with Gasteiger partial charge in [0.15, 0.2) is 0 Å². The van der Waals surface area contributed by atoms with Crippen LogP contribution in [0.5, 0.6) is 0 Å². The van der Waals surface area contributed by atoms with Crippen LogP contribution in [0.25, 0.3) is 10.9 Å². The van der Waals surface area contributed by atoms with Crippen molar-refractivity contribution in [3.05, 3.63) is 36.5 Å². The number of likely N-dealkylation sites (tertiary alicyclic amines) is 1. The number of hydrogen-bond acceptors (Lipinski definition) is 4. The van der Waals surface area contributed by atoms with Crippen LogP contribution in [-0.4, -0.2) is 43.8 Å². The molecule has 1 fully saturated rings. The molecule has 0 bridgehead atoms. The highest BCUT2D eigenvalue weighted by atomic mass is 32.2. The topological polar surface area (TPSA) is 79.4 Å². The van der Waals surface area contributed by atoms with Gasteiger partial charge in [0, 0.05) is 37.6 Å². The molecule has 1 N–H and O–H groups in total. The summed E-state index contributed by atoms with van der Waals surface area (Å²) in [6.07, 6.45) is 4.74. The number of fused-ring (bicyclic) bond motifs is 1. The number of carbonyl (C=O) groups is 1. The van der Waals surface area contributed by atoms with Crippen LogP contribution in [0.1, 0.15) is 25.7 Å². The monoisotopic (exact) mass is 347 g/mol. The summed E-state index contributed by atoms with van der Waals surface area (Å²) < 4.78 is 27.2. The number of piperidine rings is 1. The third-order valence-corrected chi connectivity index (χ3v) is 5.64. The first-order valence-corrected chi connectivity index (χ1v) is 9.67. The smallest absolute Gasteiger partial charge is 0.242 e. The molecule has 0 spiro atoms. The van der Waals surface area contributed by atoms with E-state index in [0.717, 1.165) is 43.3 Å². The van der Waals surface area contributed by atoms with E-state index in [4.69, 9.17) is 0 Å². The average molecular weight is 347 g/mol. The molecule has 0 aliphatic carbocycles. The highest BCUT2D eigenvalue weighted by Gasteiger charge is 2.18. The molecule has 6 nitrogen and oxygen atoms in total. The zero-order chi connectivity index (χ0) is 17.0. The summed E-state index contributed by atoms with van der Waals surface area (Å²) in [5.74, 6) is 0.00837. The van der Waals surface area contributed by atoms with Gasteiger partial charge in [0.1, 0.15) is 4.90 Å². The fourth-order valence-corrected chi connectivity index (χ4v) is 3.89. The van der Waals surface area contributed by atoms with E-state index in [2.05, 4.69) is 9.71 Å². The minimum Gasteiger partial charge on any atom is -0.343 e. The standard InChI is InChI=1S/C17H21N3O3S/c21-17(20-10-4-1-5-11-20)8-9-19-24(22,23)15-12-14-6-2-3-7-16(14)18-13-15/h2-3,6-7,12-13,19H,1,4-5,8-11H2. The highest BCUT2D eigenvalue weighted by molar-refractivity contribution is 7.89. The lowest BCUT2D eigenvalue weighted by Gasteiger charge is -2.26. The third-order valence-electron chi connectivity index (χ3n) is 4.22. The lowest BCUT2D eigenvalue weighted by Crippen LogP contribution is -2.37. The number of nitrogens with one attached hydrogen (secondary N) is 1. The first-order chi connectivity index (χ1) is 11.6. The van der Waals surface area contributed by atoms with Gasteiger partial charge in [0.25, 0.3) is 0 Å². The van der Waals surface area contributed by atoms with Crippen molar-refractivity contribution in [2.45, 2.75) is 30.6 Å². The normalized spacial score (nSPS) is 15.6. The minimum atomic E-state index is -3.66. The van der Waals surface area contributed by atoms with Gasteiger partial charge in [-0.2, -0.15) is 0 Å². The number of nitrogens with zero attached hydrogens (tertiary/aromatic N) is 2. The quantitative estimate of drug-likeness (QED) is 0.896. The SMILES string of the molecule is O=C(CCNS(=O)(=O)c1cnc2ccccc2c1)N1CCCCC1. The number of amides is 1.